The van der Waals surface area contributed by atoms with Crippen molar-refractivity contribution in [1.82, 2.24) is 15.0 Å². The van der Waals surface area contributed by atoms with Crippen molar-refractivity contribution in [1.29, 1.82) is 0 Å². The van der Waals surface area contributed by atoms with Crippen LogP contribution in [0.2, 0.25) is 5.15 Å². The number of hydrogen-bond donors (Lipinski definition) is 2. The molecule has 1 aliphatic heterocycles. The maximum absolute atomic E-state index is 14.5. The third kappa shape index (κ3) is 3.25. The van der Waals surface area contributed by atoms with Crippen LogP contribution in [0.5, 0.6) is 11.6 Å². The zero-order chi connectivity index (χ0) is 20.8. The van der Waals surface area contributed by atoms with Crippen LogP contribution in [0.1, 0.15) is 30.9 Å². The Balaban J connectivity index is 1.82. The molecule has 3 aromatic rings. The van der Waals surface area contributed by atoms with Crippen LogP contribution in [-0.2, 0) is 4.79 Å². The van der Waals surface area contributed by atoms with Gasteiger partial charge in [0, 0.05) is 29.4 Å². The van der Waals surface area contributed by atoms with Crippen LogP contribution in [0.25, 0.3) is 0 Å². The van der Waals surface area contributed by atoms with E-state index >= 15 is 0 Å². The zero-order valence-electron chi connectivity index (χ0n) is 15.6. The fourth-order valence-corrected chi connectivity index (χ4v) is 3.62. The van der Waals surface area contributed by atoms with E-state index in [9.17, 15) is 9.18 Å². The maximum Gasteiger partial charge on any atom is 0.232 e. The highest BCUT2D eigenvalue weighted by atomic mass is 35.5. The lowest BCUT2D eigenvalue weighted by Crippen LogP contribution is -2.38. The molecule has 0 aliphatic carbocycles. The molecule has 1 amide bonds. The molecule has 2 aromatic heterocycles. The first kappa shape index (κ1) is 19.1. The lowest BCUT2D eigenvalue weighted by Gasteiger charge is -2.37. The number of hydrogen-bond acceptors (Lipinski definition) is 6. The van der Waals surface area contributed by atoms with Crippen molar-refractivity contribution in [2.45, 2.75) is 19.8 Å². The van der Waals surface area contributed by atoms with Gasteiger partial charge in [-0.3, -0.25) is 4.79 Å². The molecule has 0 saturated carbocycles. The van der Waals surface area contributed by atoms with Crippen molar-refractivity contribution in [3.05, 3.63) is 64.8 Å². The smallest absolute Gasteiger partial charge is 0.232 e. The fraction of sp³-hybridized carbons (Fsp3) is 0.200. The van der Waals surface area contributed by atoms with Crippen LogP contribution in [0, 0.1) is 11.2 Å². The van der Waals surface area contributed by atoms with Crippen LogP contribution in [0.3, 0.4) is 0 Å². The van der Waals surface area contributed by atoms with Gasteiger partial charge < -0.3 is 15.8 Å². The number of nitrogen functional groups attached to an aromatic ring is 1. The first-order valence-corrected chi connectivity index (χ1v) is 9.17. The van der Waals surface area contributed by atoms with Gasteiger partial charge in [-0.25, -0.2) is 19.3 Å². The first-order chi connectivity index (χ1) is 13.8. The number of nitrogens with zero attached hydrogens (tertiary/aromatic N) is 3. The number of carbonyl (C=O) groups is 1. The molecule has 1 atom stereocenters. The van der Waals surface area contributed by atoms with Crippen LogP contribution in [0.4, 0.5) is 16.0 Å². The Bertz CT molecular complexity index is 1120. The van der Waals surface area contributed by atoms with E-state index in [1.54, 1.807) is 38.1 Å². The zero-order valence-corrected chi connectivity index (χ0v) is 16.4. The molecule has 1 aliphatic rings. The summed E-state index contributed by atoms with van der Waals surface area (Å²) >= 11 is 6.00. The lowest BCUT2D eigenvalue weighted by molar-refractivity contribution is -0.124. The van der Waals surface area contributed by atoms with Crippen molar-refractivity contribution in [3.63, 3.8) is 0 Å². The minimum Gasteiger partial charge on any atom is -0.435 e. The maximum atomic E-state index is 14.5. The van der Waals surface area contributed by atoms with Gasteiger partial charge >= 0.3 is 0 Å². The number of ether oxygens (including phenoxy) is 1. The Morgan fingerprint density at radius 3 is 2.72 bits per heavy atom. The Kier molecular flexibility index (Phi) is 4.58. The number of para-hydroxylation sites is 1. The van der Waals surface area contributed by atoms with Gasteiger partial charge in [-0.1, -0.05) is 37.6 Å². The van der Waals surface area contributed by atoms with Gasteiger partial charge in [-0.2, -0.15) is 0 Å². The number of pyridine rings is 1. The summed E-state index contributed by atoms with van der Waals surface area (Å²) in [5.74, 6) is -1.02. The Morgan fingerprint density at radius 1 is 1.21 bits per heavy atom. The predicted molar refractivity (Wildman–Crippen MR) is 106 cm³/mol. The van der Waals surface area contributed by atoms with Crippen LogP contribution in [0.15, 0.2) is 42.7 Å². The Labute approximate surface area is 171 Å². The SMILES string of the molecule is CC(C)(C(=O)Nc1nccnc1N)C1c2ccc(Cl)nc2Oc2c(F)cccc21. The van der Waals surface area contributed by atoms with Gasteiger partial charge in [-0.15, -0.1) is 0 Å². The number of fused-ring (bicyclic) bond motifs is 2. The average Bonchev–Trinajstić information content (AvgIpc) is 2.68. The molecule has 9 heteroatoms. The number of benzene rings is 1. The number of nitrogens with one attached hydrogen (secondary N) is 1. The number of carbonyl (C=O) groups excluding carboxylic acids is 1. The average molecular weight is 414 g/mol. The minimum absolute atomic E-state index is 0.0275. The standard InChI is InChI=1S/C20H17ClFN5O2/c1-20(2,19(28)27-17-16(23)24-8-9-25-17)14-10-4-3-5-12(22)15(10)29-18-11(14)6-7-13(21)26-18/h3-9,14H,1-2H3,(H2,23,24)(H,25,27,28). The van der Waals surface area contributed by atoms with E-state index in [2.05, 4.69) is 20.3 Å². The fourth-order valence-electron chi connectivity index (χ4n) is 3.48. The van der Waals surface area contributed by atoms with E-state index in [1.807, 2.05) is 0 Å². The lowest BCUT2D eigenvalue weighted by atomic mass is 9.69. The summed E-state index contributed by atoms with van der Waals surface area (Å²) in [6.07, 6.45) is 2.86. The second-order valence-corrected chi connectivity index (χ2v) is 7.57. The molecule has 4 rings (SSSR count). The molecule has 0 bridgehead atoms. The molecule has 0 radical (unpaired) electrons. The van der Waals surface area contributed by atoms with Gasteiger partial charge in [0.25, 0.3) is 0 Å². The molecule has 1 aromatic carbocycles. The summed E-state index contributed by atoms with van der Waals surface area (Å²) in [5, 5.41) is 2.92. The topological polar surface area (TPSA) is 103 Å². The molecule has 3 N–H and O–H groups in total. The highest BCUT2D eigenvalue weighted by molar-refractivity contribution is 6.29. The quantitative estimate of drug-likeness (QED) is 0.625. The monoisotopic (exact) mass is 413 g/mol. The van der Waals surface area contributed by atoms with Gasteiger partial charge in [0.05, 0.1) is 5.41 Å². The molecule has 3 heterocycles. The van der Waals surface area contributed by atoms with E-state index in [0.29, 0.717) is 11.1 Å². The summed E-state index contributed by atoms with van der Waals surface area (Å²) in [7, 11) is 0. The Morgan fingerprint density at radius 2 is 1.97 bits per heavy atom. The van der Waals surface area contributed by atoms with Gasteiger partial charge in [0.1, 0.15) is 5.15 Å². The third-order valence-electron chi connectivity index (χ3n) is 4.94. The van der Waals surface area contributed by atoms with E-state index in [1.165, 1.54) is 18.5 Å². The molecule has 0 fully saturated rings. The summed E-state index contributed by atoms with van der Waals surface area (Å²) < 4.78 is 20.2. The molecule has 0 spiro atoms. The highest BCUT2D eigenvalue weighted by Crippen LogP contribution is 2.52. The minimum atomic E-state index is -1.06. The summed E-state index contributed by atoms with van der Waals surface area (Å²) in [5.41, 5.74) is 5.90. The largest absolute Gasteiger partial charge is 0.435 e. The van der Waals surface area contributed by atoms with E-state index in [-0.39, 0.29) is 34.3 Å². The number of nitrogens with two attached hydrogens (primary N) is 1. The second-order valence-electron chi connectivity index (χ2n) is 7.19. The molecular weight excluding hydrogens is 397 g/mol. The van der Waals surface area contributed by atoms with Crippen LogP contribution >= 0.6 is 11.6 Å². The molecule has 1 unspecified atom stereocenters. The number of amides is 1. The predicted octanol–water partition coefficient (Wildman–Crippen LogP) is 4.15. The summed E-state index contributed by atoms with van der Waals surface area (Å²) in [6.45, 7) is 3.50. The van der Waals surface area contributed by atoms with Crippen molar-refractivity contribution in [2.24, 2.45) is 5.41 Å². The van der Waals surface area contributed by atoms with E-state index in [0.717, 1.165) is 0 Å². The van der Waals surface area contributed by atoms with E-state index in [4.69, 9.17) is 22.1 Å². The van der Waals surface area contributed by atoms with Crippen molar-refractivity contribution in [2.75, 3.05) is 11.1 Å². The second kappa shape index (κ2) is 6.97. The van der Waals surface area contributed by atoms with Gasteiger partial charge in [0.15, 0.2) is 23.2 Å². The molecule has 0 saturated heterocycles. The third-order valence-corrected chi connectivity index (χ3v) is 5.15. The Hall–Kier alpha value is -3.26. The summed E-state index contributed by atoms with van der Waals surface area (Å²) in [4.78, 5) is 25.4. The highest BCUT2D eigenvalue weighted by Gasteiger charge is 2.45. The number of aromatic nitrogens is 3. The van der Waals surface area contributed by atoms with Crippen molar-refractivity contribution in [3.8, 4) is 11.6 Å². The molecule has 29 heavy (non-hydrogen) atoms. The van der Waals surface area contributed by atoms with Crippen LogP contribution < -0.4 is 15.8 Å². The summed E-state index contributed by atoms with van der Waals surface area (Å²) in [6, 6.07) is 7.93. The first-order valence-electron chi connectivity index (χ1n) is 8.79. The normalized spacial score (nSPS) is 15.1. The number of anilines is 2. The molecule has 7 nitrogen and oxygen atoms in total. The van der Waals surface area contributed by atoms with Gasteiger partial charge in [-0.05, 0) is 18.2 Å². The van der Waals surface area contributed by atoms with E-state index < -0.39 is 17.2 Å². The van der Waals surface area contributed by atoms with Crippen LogP contribution in [-0.4, -0.2) is 20.9 Å². The van der Waals surface area contributed by atoms with Gasteiger partial charge in [0.2, 0.25) is 11.8 Å². The number of rotatable bonds is 3. The molecular formula is C20H17ClFN5O2. The number of halogens is 2. The van der Waals surface area contributed by atoms with Crippen molar-refractivity contribution < 1.29 is 13.9 Å². The molecule has 148 valence electrons. The van der Waals surface area contributed by atoms with Crippen molar-refractivity contribution >= 4 is 29.1 Å².